The lowest BCUT2D eigenvalue weighted by molar-refractivity contribution is 0.209. The Bertz CT molecular complexity index is 1200. The highest BCUT2D eigenvalue weighted by atomic mass is 35.5. The summed E-state index contributed by atoms with van der Waals surface area (Å²) >= 11 is 6.30. The number of sulfonamides is 1. The molecule has 0 radical (unpaired) electrons. The molecule has 2 aromatic carbocycles. The standard InChI is InChI=1S/C19H23B6ClN2O4S/c26-13-3-5-15-12(8-13)2-1-7-19(15)10-28-16-9-14(4-6-17(16)32-11-19)33(30,31)27-18(29)20-21-22-23-24-25-28/h3-6,8-9,20-25H,1-2,7,10-11H2,(H,27,29). The van der Waals surface area contributed by atoms with Gasteiger partial charge in [0.05, 0.1) is 31.3 Å². The second-order valence-electron chi connectivity index (χ2n) is 9.47. The third-order valence-electron chi connectivity index (χ3n) is 7.15. The highest BCUT2D eigenvalue weighted by Crippen LogP contribution is 2.44. The van der Waals surface area contributed by atoms with Crippen molar-refractivity contribution in [3.63, 3.8) is 0 Å². The van der Waals surface area contributed by atoms with Gasteiger partial charge in [-0.05, 0) is 60.7 Å². The zero-order valence-electron chi connectivity index (χ0n) is 18.6. The fourth-order valence-corrected chi connectivity index (χ4v) is 6.73. The van der Waals surface area contributed by atoms with Gasteiger partial charge in [-0.2, -0.15) is 0 Å². The van der Waals surface area contributed by atoms with Gasteiger partial charge in [0.15, 0.2) is 20.3 Å². The summed E-state index contributed by atoms with van der Waals surface area (Å²) in [5.41, 5.74) is 3.16. The van der Waals surface area contributed by atoms with E-state index in [9.17, 15) is 13.2 Å². The number of nitrogens with zero attached hydrogens (tertiary/aromatic N) is 1. The van der Waals surface area contributed by atoms with Crippen LogP contribution in [0.15, 0.2) is 41.3 Å². The van der Waals surface area contributed by atoms with Crippen LogP contribution in [0.2, 0.25) is 5.02 Å². The largest absolute Gasteiger partial charge is 0.490 e. The monoisotopic (exact) mass is 476 g/mol. The van der Waals surface area contributed by atoms with E-state index in [1.165, 1.54) is 17.2 Å². The quantitative estimate of drug-likeness (QED) is 0.512. The molecule has 1 N–H and O–H groups in total. The van der Waals surface area contributed by atoms with Crippen LogP contribution in [-0.2, 0) is 21.9 Å². The first kappa shape index (κ1) is 22.9. The molecule has 1 amide bonds. The van der Waals surface area contributed by atoms with Crippen molar-refractivity contribution < 1.29 is 17.9 Å². The number of aryl methyl sites for hydroxylation is 1. The number of amides is 1. The average Bonchev–Trinajstić information content (AvgIpc) is 2.92. The van der Waals surface area contributed by atoms with Gasteiger partial charge in [0.2, 0.25) is 0 Å². The molecule has 3 aliphatic rings. The summed E-state index contributed by atoms with van der Waals surface area (Å²) in [6, 6.07) is 11.1. The minimum Gasteiger partial charge on any atom is -0.490 e. The van der Waals surface area contributed by atoms with E-state index in [0.717, 1.165) is 65.0 Å². The topological polar surface area (TPSA) is 75.7 Å². The summed E-state index contributed by atoms with van der Waals surface area (Å²) in [5, 5.41) is 0.753. The fraction of sp³-hybridized carbons (Fsp3) is 0.316. The first-order valence-corrected chi connectivity index (χ1v) is 13.6. The molecule has 0 aromatic heterocycles. The normalized spacial score (nSPS) is 23.4. The van der Waals surface area contributed by atoms with E-state index in [4.69, 9.17) is 16.3 Å². The smallest absolute Gasteiger partial charge is 0.263 e. The summed E-state index contributed by atoms with van der Waals surface area (Å²) < 4.78 is 34.3. The average molecular weight is 476 g/mol. The maximum Gasteiger partial charge on any atom is 0.263 e. The molecule has 164 valence electrons. The van der Waals surface area contributed by atoms with Crippen LogP contribution in [0.25, 0.3) is 0 Å². The molecular weight excluding hydrogens is 453 g/mol. The van der Waals surface area contributed by atoms with Gasteiger partial charge in [0.25, 0.3) is 10.0 Å². The molecule has 0 saturated heterocycles. The van der Waals surface area contributed by atoms with Crippen LogP contribution in [0.1, 0.15) is 24.0 Å². The van der Waals surface area contributed by atoms with Crippen LogP contribution in [0, 0.1) is 0 Å². The second-order valence-corrected chi connectivity index (χ2v) is 11.6. The number of carbonyl (C=O) groups is 1. The van der Waals surface area contributed by atoms with Gasteiger partial charge >= 0.3 is 0 Å². The number of carbonyl (C=O) groups excluding carboxylic acids is 1. The fourth-order valence-electron chi connectivity index (χ4n) is 5.50. The van der Waals surface area contributed by atoms with Crippen LogP contribution in [0.5, 0.6) is 5.75 Å². The molecule has 2 bridgehead atoms. The molecular formula is C19H23B6ClN2O4S. The third kappa shape index (κ3) is 4.59. The summed E-state index contributed by atoms with van der Waals surface area (Å²) in [7, 11) is 0.652. The van der Waals surface area contributed by atoms with Crippen molar-refractivity contribution in [2.24, 2.45) is 0 Å². The Balaban J connectivity index is 1.58. The Hall–Kier alpha value is -1.86. The van der Waals surface area contributed by atoms with Crippen LogP contribution < -0.4 is 14.3 Å². The molecule has 33 heavy (non-hydrogen) atoms. The van der Waals surface area contributed by atoms with Gasteiger partial charge in [-0.25, -0.2) is 8.42 Å². The summed E-state index contributed by atoms with van der Waals surface area (Å²) in [6.45, 7) is 1.29. The third-order valence-corrected chi connectivity index (χ3v) is 8.76. The molecule has 6 nitrogen and oxygen atoms in total. The van der Waals surface area contributed by atoms with Gasteiger partial charge in [-0.15, -0.1) is 0 Å². The summed E-state index contributed by atoms with van der Waals surface area (Å²) in [4.78, 5) is 14.5. The molecule has 2 aliphatic heterocycles. The minimum atomic E-state index is -3.93. The van der Waals surface area contributed by atoms with Crippen LogP contribution in [0.4, 0.5) is 10.5 Å². The molecule has 1 unspecified atom stereocenters. The number of halogens is 1. The molecule has 2 aromatic rings. The Kier molecular flexibility index (Phi) is 6.29. The lowest BCUT2D eigenvalue weighted by atomic mass is 8.97. The zero-order chi connectivity index (χ0) is 23.1. The molecule has 5 rings (SSSR count). The number of benzene rings is 2. The second kappa shape index (κ2) is 9.06. The molecule has 0 saturated carbocycles. The van der Waals surface area contributed by atoms with E-state index in [1.54, 1.807) is 12.1 Å². The van der Waals surface area contributed by atoms with Crippen molar-refractivity contribution in [1.82, 2.24) is 4.72 Å². The van der Waals surface area contributed by atoms with Crippen LogP contribution in [0.3, 0.4) is 0 Å². The highest BCUT2D eigenvalue weighted by Gasteiger charge is 2.41. The van der Waals surface area contributed by atoms with E-state index in [2.05, 4.69) is 21.7 Å². The summed E-state index contributed by atoms with van der Waals surface area (Å²) in [6.07, 6.45) is 3.08. The van der Waals surface area contributed by atoms with E-state index in [-0.39, 0.29) is 17.5 Å². The van der Waals surface area contributed by atoms with E-state index < -0.39 is 15.8 Å². The van der Waals surface area contributed by atoms with Gasteiger partial charge in [0.1, 0.15) is 5.75 Å². The molecule has 0 fully saturated rings. The molecule has 2 heterocycles. The molecule has 1 atom stereocenters. The predicted octanol–water partition coefficient (Wildman–Crippen LogP) is -0.666. The van der Waals surface area contributed by atoms with Gasteiger partial charge in [0, 0.05) is 31.1 Å². The Morgan fingerprint density at radius 2 is 1.94 bits per heavy atom. The number of rotatable bonds is 0. The van der Waals surface area contributed by atoms with Gasteiger partial charge in [-0.1, -0.05) is 17.7 Å². The van der Waals surface area contributed by atoms with E-state index >= 15 is 0 Å². The van der Waals surface area contributed by atoms with Crippen molar-refractivity contribution in [3.8, 4) is 5.75 Å². The molecule has 1 spiro atoms. The SMILES string of the molecule is O=C1BBBBBBN2CC3(CCCc4cc(Cl)ccc43)COc3ccc(cc32)S(=O)(=O)N1. The number of anilines is 1. The Morgan fingerprint density at radius 3 is 2.82 bits per heavy atom. The van der Waals surface area contributed by atoms with Crippen molar-refractivity contribution in [3.05, 3.63) is 52.5 Å². The van der Waals surface area contributed by atoms with Crippen molar-refractivity contribution >= 4 is 75.8 Å². The summed E-state index contributed by atoms with van der Waals surface area (Å²) in [5.74, 6) is 0.238. The lowest BCUT2D eigenvalue weighted by Crippen LogP contribution is -2.48. The Morgan fingerprint density at radius 1 is 1.09 bits per heavy atom. The van der Waals surface area contributed by atoms with Crippen LogP contribution >= 0.6 is 11.6 Å². The first-order chi connectivity index (χ1) is 15.9. The predicted molar refractivity (Wildman–Crippen MR) is 144 cm³/mol. The number of hydrogen-bond acceptors (Lipinski definition) is 5. The van der Waals surface area contributed by atoms with Gasteiger partial charge < -0.3 is 9.55 Å². The molecule has 1 aliphatic carbocycles. The van der Waals surface area contributed by atoms with Crippen molar-refractivity contribution in [2.75, 3.05) is 18.0 Å². The maximum absolute atomic E-state index is 12.9. The number of ether oxygens (including phenoxy) is 1. The van der Waals surface area contributed by atoms with Gasteiger partial charge in [-0.3, -0.25) is 9.52 Å². The molecule has 14 heteroatoms. The highest BCUT2D eigenvalue weighted by molar-refractivity contribution is 7.90. The van der Waals surface area contributed by atoms with E-state index in [1.807, 2.05) is 6.07 Å². The van der Waals surface area contributed by atoms with Crippen molar-refractivity contribution in [1.29, 1.82) is 0 Å². The number of hydrogen-bond donors (Lipinski definition) is 1. The van der Waals surface area contributed by atoms with Crippen LogP contribution in [-0.4, -0.2) is 70.1 Å². The maximum atomic E-state index is 12.9. The first-order valence-electron chi connectivity index (χ1n) is 11.7. The number of nitrogens with one attached hydrogen (secondary N) is 1. The van der Waals surface area contributed by atoms with E-state index in [0.29, 0.717) is 19.4 Å². The Labute approximate surface area is 204 Å². The lowest BCUT2D eigenvalue weighted by Gasteiger charge is -2.41. The number of fused-ring (bicyclic) bond motifs is 3. The zero-order valence-corrected chi connectivity index (χ0v) is 20.2. The minimum absolute atomic E-state index is 0.0919. The van der Waals surface area contributed by atoms with Crippen molar-refractivity contribution in [2.45, 2.75) is 29.6 Å².